The van der Waals surface area contributed by atoms with Crippen LogP contribution in [0.2, 0.25) is 0 Å². The van der Waals surface area contributed by atoms with Crippen LogP contribution in [0.5, 0.6) is 11.5 Å². The molecule has 7 rings (SSSR count). The Balaban J connectivity index is 1.41. The van der Waals surface area contributed by atoms with Crippen LogP contribution in [0.25, 0.3) is 66.6 Å². The zero-order valence-electron chi connectivity index (χ0n) is 28.9. The van der Waals surface area contributed by atoms with Gasteiger partial charge in [-0.3, -0.25) is 0 Å². The Labute approximate surface area is 282 Å². The number of phenols is 2. The van der Waals surface area contributed by atoms with Crippen LogP contribution in [0.15, 0.2) is 84.9 Å². The van der Waals surface area contributed by atoms with Crippen molar-refractivity contribution in [1.29, 1.82) is 0 Å². The first-order chi connectivity index (χ1) is 23.0. The first-order valence-electron chi connectivity index (χ1n) is 16.5. The summed E-state index contributed by atoms with van der Waals surface area (Å²) in [4.78, 5) is 10.7. The number of pyridine rings is 2. The number of aromatic hydroxyl groups is 2. The Morgan fingerprint density at radius 3 is 1.02 bits per heavy atom. The average Bonchev–Trinajstić information content (AvgIpc) is 3.07. The molecular weight excluding hydrogens is 588 g/mol. The molecule has 7 aromatic rings. The summed E-state index contributed by atoms with van der Waals surface area (Å²) in [6.07, 6.45) is 0. The van der Waals surface area contributed by atoms with Crippen molar-refractivity contribution >= 4 is 21.8 Å². The van der Waals surface area contributed by atoms with Crippen LogP contribution >= 0.6 is 0 Å². The highest BCUT2D eigenvalue weighted by Gasteiger charge is 2.21. The van der Waals surface area contributed by atoms with Crippen molar-refractivity contribution in [1.82, 2.24) is 9.97 Å². The van der Waals surface area contributed by atoms with Gasteiger partial charge in [-0.15, -0.1) is 0 Å². The van der Waals surface area contributed by atoms with Crippen LogP contribution in [-0.4, -0.2) is 20.2 Å². The summed E-state index contributed by atoms with van der Waals surface area (Å²) in [6, 6.07) is 27.8. The van der Waals surface area contributed by atoms with Gasteiger partial charge in [0.1, 0.15) is 11.5 Å². The van der Waals surface area contributed by atoms with E-state index in [1.54, 1.807) is 12.1 Å². The van der Waals surface area contributed by atoms with Crippen LogP contribution in [0.4, 0.5) is 0 Å². The van der Waals surface area contributed by atoms with Crippen molar-refractivity contribution in [2.45, 2.75) is 55.4 Å². The number of aromatic nitrogens is 2. The third-order valence-corrected chi connectivity index (χ3v) is 10.6. The van der Waals surface area contributed by atoms with Gasteiger partial charge in [0.05, 0.1) is 22.4 Å². The fraction of sp³-hybridized carbons (Fsp3) is 0.182. The molecule has 4 nitrogen and oxygen atoms in total. The van der Waals surface area contributed by atoms with E-state index in [-0.39, 0.29) is 11.5 Å². The standard InChI is InChI=1S/C44H40N2O2/c1-23-27(5)41(28(6)24(2)39(23)33-11-9-13-35(47)21-33)37-19-17-31-15-16-32-18-20-38(46-44(32)43(31)45-37)42-29(7)25(3)40(26(4)30(42)8)34-12-10-14-36(48)22-34/h9-22,47-48H,1-8H3. The Morgan fingerprint density at radius 1 is 0.375 bits per heavy atom. The zero-order chi connectivity index (χ0) is 34.0. The molecule has 0 amide bonds. The van der Waals surface area contributed by atoms with Crippen molar-refractivity contribution in [3.05, 3.63) is 129 Å². The second-order valence-electron chi connectivity index (χ2n) is 13.2. The first kappa shape index (κ1) is 31.1. The molecule has 0 fully saturated rings. The lowest BCUT2D eigenvalue weighted by Gasteiger charge is -2.21. The Bertz CT molecular complexity index is 2230. The number of hydrogen-bond acceptors (Lipinski definition) is 4. The van der Waals surface area contributed by atoms with E-state index < -0.39 is 0 Å². The molecule has 4 heteroatoms. The largest absolute Gasteiger partial charge is 0.508 e. The van der Waals surface area contributed by atoms with E-state index in [4.69, 9.17) is 9.97 Å². The number of rotatable bonds is 4. The molecule has 0 bridgehead atoms. The monoisotopic (exact) mass is 628 g/mol. The highest BCUT2D eigenvalue weighted by molar-refractivity contribution is 6.04. The normalized spacial score (nSPS) is 11.5. The molecule has 48 heavy (non-hydrogen) atoms. The van der Waals surface area contributed by atoms with E-state index in [1.165, 1.54) is 44.5 Å². The summed E-state index contributed by atoms with van der Waals surface area (Å²) in [7, 11) is 0. The molecule has 0 spiro atoms. The van der Waals surface area contributed by atoms with Gasteiger partial charge in [0.2, 0.25) is 0 Å². The third-order valence-electron chi connectivity index (χ3n) is 10.6. The van der Waals surface area contributed by atoms with Crippen molar-refractivity contribution in [2.24, 2.45) is 0 Å². The number of hydrogen-bond donors (Lipinski definition) is 2. The Hall–Kier alpha value is -5.48. The van der Waals surface area contributed by atoms with Gasteiger partial charge in [0.25, 0.3) is 0 Å². The van der Waals surface area contributed by atoms with E-state index in [1.807, 2.05) is 24.3 Å². The molecule has 5 aromatic carbocycles. The summed E-state index contributed by atoms with van der Waals surface area (Å²) < 4.78 is 0. The fourth-order valence-electron chi connectivity index (χ4n) is 7.63. The fourth-order valence-corrected chi connectivity index (χ4v) is 7.63. The lowest BCUT2D eigenvalue weighted by atomic mass is 9.84. The van der Waals surface area contributed by atoms with Gasteiger partial charge in [-0.05, 0) is 159 Å². The molecule has 0 saturated heterocycles. The van der Waals surface area contributed by atoms with Gasteiger partial charge >= 0.3 is 0 Å². The predicted molar refractivity (Wildman–Crippen MR) is 200 cm³/mol. The quantitative estimate of drug-likeness (QED) is 0.190. The lowest BCUT2D eigenvalue weighted by molar-refractivity contribution is 0.475. The number of benzene rings is 5. The van der Waals surface area contributed by atoms with Crippen LogP contribution < -0.4 is 0 Å². The van der Waals surface area contributed by atoms with Crippen LogP contribution in [0.1, 0.15) is 44.5 Å². The van der Waals surface area contributed by atoms with Gasteiger partial charge in [0, 0.05) is 21.9 Å². The molecule has 2 N–H and O–H groups in total. The maximum Gasteiger partial charge on any atom is 0.116 e. The minimum absolute atomic E-state index is 0.267. The summed E-state index contributed by atoms with van der Waals surface area (Å²) in [5.74, 6) is 0.535. The molecule has 0 unspecified atom stereocenters. The van der Waals surface area contributed by atoms with E-state index in [9.17, 15) is 10.2 Å². The highest BCUT2D eigenvalue weighted by atomic mass is 16.3. The van der Waals surface area contributed by atoms with Crippen LogP contribution in [0.3, 0.4) is 0 Å². The summed E-state index contributed by atoms with van der Waals surface area (Å²) in [6.45, 7) is 17.3. The predicted octanol–water partition coefficient (Wildman–Crippen LogP) is 11.3. The smallest absolute Gasteiger partial charge is 0.116 e. The SMILES string of the molecule is Cc1c(C)c(-c2ccc3ccc4ccc(-c5c(C)c(C)c(-c6cccc(O)c6)c(C)c5C)nc4c3n2)c(C)c(C)c1-c1cccc(O)c1. The van der Waals surface area contributed by atoms with Crippen molar-refractivity contribution in [3.8, 4) is 56.3 Å². The van der Waals surface area contributed by atoms with E-state index in [2.05, 4.69) is 104 Å². The van der Waals surface area contributed by atoms with Crippen LogP contribution in [0, 0.1) is 55.4 Å². The van der Waals surface area contributed by atoms with Gasteiger partial charge < -0.3 is 10.2 Å². The minimum Gasteiger partial charge on any atom is -0.508 e. The maximum absolute atomic E-state index is 10.2. The molecule has 0 aliphatic heterocycles. The topological polar surface area (TPSA) is 66.2 Å². The van der Waals surface area contributed by atoms with Gasteiger partial charge in [0.15, 0.2) is 0 Å². The highest BCUT2D eigenvalue weighted by Crippen LogP contribution is 2.42. The van der Waals surface area contributed by atoms with E-state index >= 15 is 0 Å². The second kappa shape index (κ2) is 11.6. The van der Waals surface area contributed by atoms with E-state index in [0.717, 1.165) is 66.6 Å². The Morgan fingerprint density at radius 2 is 0.688 bits per heavy atom. The van der Waals surface area contributed by atoms with Crippen molar-refractivity contribution in [2.75, 3.05) is 0 Å². The molecule has 2 aromatic heterocycles. The second-order valence-corrected chi connectivity index (χ2v) is 13.2. The third kappa shape index (κ3) is 4.91. The molecule has 0 aliphatic rings. The summed E-state index contributed by atoms with van der Waals surface area (Å²) in [5, 5.41) is 22.5. The average molecular weight is 629 g/mol. The molecule has 238 valence electrons. The first-order valence-corrected chi connectivity index (χ1v) is 16.5. The van der Waals surface area contributed by atoms with Crippen molar-refractivity contribution < 1.29 is 10.2 Å². The number of nitrogens with zero attached hydrogens (tertiary/aromatic N) is 2. The summed E-state index contributed by atoms with van der Waals surface area (Å²) >= 11 is 0. The molecule has 0 radical (unpaired) electrons. The Kier molecular flexibility index (Phi) is 7.55. The number of phenolic OH excluding ortho intramolecular Hbond substituents is 2. The van der Waals surface area contributed by atoms with Gasteiger partial charge in [-0.1, -0.05) is 48.5 Å². The molecule has 0 atom stereocenters. The van der Waals surface area contributed by atoms with Crippen molar-refractivity contribution in [3.63, 3.8) is 0 Å². The lowest BCUT2D eigenvalue weighted by Crippen LogP contribution is -2.02. The van der Waals surface area contributed by atoms with Gasteiger partial charge in [-0.25, -0.2) is 9.97 Å². The summed E-state index contributed by atoms with van der Waals surface area (Å²) in [5.41, 5.74) is 19.7. The molecule has 2 heterocycles. The number of fused-ring (bicyclic) bond motifs is 3. The minimum atomic E-state index is 0.267. The van der Waals surface area contributed by atoms with Crippen LogP contribution in [-0.2, 0) is 0 Å². The maximum atomic E-state index is 10.2. The molecule has 0 aliphatic carbocycles. The zero-order valence-corrected chi connectivity index (χ0v) is 28.9. The van der Waals surface area contributed by atoms with Gasteiger partial charge in [-0.2, -0.15) is 0 Å². The van der Waals surface area contributed by atoms with E-state index in [0.29, 0.717) is 0 Å². The molecule has 0 saturated carbocycles. The molecular formula is C44H40N2O2.